The predicted octanol–water partition coefficient (Wildman–Crippen LogP) is 2.64. The molecule has 16 heavy (non-hydrogen) atoms. The van der Waals surface area contributed by atoms with Gasteiger partial charge < -0.3 is 0 Å². The highest BCUT2D eigenvalue weighted by atomic mass is 32.1. The van der Waals surface area contributed by atoms with Gasteiger partial charge in [0.2, 0.25) is 0 Å². The molecule has 0 aromatic carbocycles. The van der Waals surface area contributed by atoms with E-state index in [0.29, 0.717) is 0 Å². The SMILES string of the molecule is CC(C)(C)c1nnc2c3sccc3ncn12. The number of thiophene rings is 1. The van der Waals surface area contributed by atoms with Crippen molar-refractivity contribution in [2.24, 2.45) is 0 Å². The van der Waals surface area contributed by atoms with Crippen LogP contribution in [0.5, 0.6) is 0 Å². The summed E-state index contributed by atoms with van der Waals surface area (Å²) in [5.41, 5.74) is 1.88. The number of fused-ring (bicyclic) bond motifs is 3. The quantitative estimate of drug-likeness (QED) is 0.598. The van der Waals surface area contributed by atoms with E-state index in [1.165, 1.54) is 0 Å². The Bertz CT molecular complexity index is 659. The minimum Gasteiger partial charge on any atom is -0.268 e. The minimum absolute atomic E-state index is 0.0218. The molecule has 3 rings (SSSR count). The van der Waals surface area contributed by atoms with Gasteiger partial charge in [0.25, 0.3) is 0 Å². The van der Waals surface area contributed by atoms with Crippen molar-refractivity contribution in [1.82, 2.24) is 19.6 Å². The minimum atomic E-state index is -0.0218. The van der Waals surface area contributed by atoms with Crippen molar-refractivity contribution in [3.8, 4) is 0 Å². The lowest BCUT2D eigenvalue weighted by atomic mass is 9.96. The van der Waals surface area contributed by atoms with Gasteiger partial charge in [0.15, 0.2) is 5.65 Å². The number of hydrogen-bond donors (Lipinski definition) is 0. The molecule has 0 spiro atoms. The first-order valence-electron chi connectivity index (χ1n) is 5.15. The van der Waals surface area contributed by atoms with E-state index in [-0.39, 0.29) is 5.41 Å². The van der Waals surface area contributed by atoms with Gasteiger partial charge in [-0.05, 0) is 11.4 Å². The second-order valence-electron chi connectivity index (χ2n) is 4.85. The van der Waals surface area contributed by atoms with E-state index in [4.69, 9.17) is 0 Å². The average Bonchev–Trinajstić information content (AvgIpc) is 2.81. The topological polar surface area (TPSA) is 43.1 Å². The predicted molar refractivity (Wildman–Crippen MR) is 64.9 cm³/mol. The first-order valence-corrected chi connectivity index (χ1v) is 6.03. The van der Waals surface area contributed by atoms with Gasteiger partial charge in [0.1, 0.15) is 12.2 Å². The molecule has 0 bridgehead atoms. The fourth-order valence-corrected chi connectivity index (χ4v) is 2.58. The smallest absolute Gasteiger partial charge is 0.181 e. The van der Waals surface area contributed by atoms with E-state index in [2.05, 4.69) is 36.0 Å². The van der Waals surface area contributed by atoms with Gasteiger partial charge in [-0.3, -0.25) is 4.40 Å². The summed E-state index contributed by atoms with van der Waals surface area (Å²) >= 11 is 1.65. The molecule has 0 aliphatic rings. The van der Waals surface area contributed by atoms with Crippen LogP contribution < -0.4 is 0 Å². The van der Waals surface area contributed by atoms with E-state index in [0.717, 1.165) is 21.7 Å². The zero-order chi connectivity index (χ0) is 11.3. The Morgan fingerprint density at radius 3 is 2.81 bits per heavy atom. The van der Waals surface area contributed by atoms with Crippen LogP contribution >= 0.6 is 11.3 Å². The highest BCUT2D eigenvalue weighted by Crippen LogP contribution is 2.26. The Hall–Kier alpha value is -1.49. The van der Waals surface area contributed by atoms with Gasteiger partial charge in [-0.1, -0.05) is 20.8 Å². The molecule has 0 aliphatic heterocycles. The standard InChI is InChI=1S/C11H12N4S/c1-11(2,3)10-14-13-9-8-7(4-5-16-8)12-6-15(9)10/h4-6H,1-3H3. The highest BCUT2D eigenvalue weighted by Gasteiger charge is 2.21. The number of nitrogens with zero attached hydrogens (tertiary/aromatic N) is 4. The van der Waals surface area contributed by atoms with Gasteiger partial charge in [-0.2, -0.15) is 0 Å². The van der Waals surface area contributed by atoms with Crippen LogP contribution in [0.4, 0.5) is 0 Å². The zero-order valence-corrected chi connectivity index (χ0v) is 10.2. The maximum absolute atomic E-state index is 4.41. The summed E-state index contributed by atoms with van der Waals surface area (Å²) in [6.07, 6.45) is 1.81. The molecule has 0 saturated carbocycles. The lowest BCUT2D eigenvalue weighted by Crippen LogP contribution is -2.15. The molecule has 0 radical (unpaired) electrons. The van der Waals surface area contributed by atoms with Gasteiger partial charge in [0, 0.05) is 5.41 Å². The van der Waals surface area contributed by atoms with Gasteiger partial charge in [-0.25, -0.2) is 4.98 Å². The van der Waals surface area contributed by atoms with Crippen LogP contribution in [0, 0.1) is 0 Å². The summed E-state index contributed by atoms with van der Waals surface area (Å²) in [5.74, 6) is 0.949. The monoisotopic (exact) mass is 232 g/mol. The fraction of sp³-hybridized carbons (Fsp3) is 0.364. The van der Waals surface area contributed by atoms with E-state index in [1.54, 1.807) is 11.3 Å². The summed E-state index contributed by atoms with van der Waals surface area (Å²) in [5, 5.41) is 10.6. The average molecular weight is 232 g/mol. The summed E-state index contributed by atoms with van der Waals surface area (Å²) in [6.45, 7) is 6.38. The number of aromatic nitrogens is 4. The highest BCUT2D eigenvalue weighted by molar-refractivity contribution is 7.17. The molecule has 0 unspecified atom stereocenters. The van der Waals surface area contributed by atoms with Crippen LogP contribution in [0.2, 0.25) is 0 Å². The molecule has 4 nitrogen and oxygen atoms in total. The van der Waals surface area contributed by atoms with Gasteiger partial charge >= 0.3 is 0 Å². The third kappa shape index (κ3) is 1.24. The van der Waals surface area contributed by atoms with Crippen molar-refractivity contribution in [1.29, 1.82) is 0 Å². The Morgan fingerprint density at radius 1 is 1.25 bits per heavy atom. The van der Waals surface area contributed by atoms with Crippen LogP contribution in [0.15, 0.2) is 17.8 Å². The molecule has 0 aliphatic carbocycles. The molecule has 82 valence electrons. The second kappa shape index (κ2) is 3.01. The maximum Gasteiger partial charge on any atom is 0.181 e. The molecule has 0 N–H and O–H groups in total. The molecule has 0 fully saturated rings. The first-order chi connectivity index (χ1) is 7.57. The number of hydrogen-bond acceptors (Lipinski definition) is 4. The normalized spacial score (nSPS) is 12.7. The van der Waals surface area contributed by atoms with Crippen LogP contribution in [0.1, 0.15) is 26.6 Å². The molecular weight excluding hydrogens is 220 g/mol. The fourth-order valence-electron chi connectivity index (χ4n) is 1.76. The third-order valence-electron chi connectivity index (χ3n) is 2.53. The summed E-state index contributed by atoms with van der Waals surface area (Å²) in [7, 11) is 0. The van der Waals surface area contributed by atoms with Crippen LogP contribution in [0.25, 0.3) is 15.9 Å². The van der Waals surface area contributed by atoms with Crippen molar-refractivity contribution in [3.05, 3.63) is 23.6 Å². The van der Waals surface area contributed by atoms with E-state index < -0.39 is 0 Å². The summed E-state index contributed by atoms with van der Waals surface area (Å²) < 4.78 is 3.09. The van der Waals surface area contributed by atoms with Crippen LogP contribution in [-0.4, -0.2) is 19.6 Å². The molecule has 3 aromatic heterocycles. The van der Waals surface area contributed by atoms with Crippen molar-refractivity contribution >= 4 is 27.2 Å². The first kappa shape index (κ1) is 9.72. The Labute approximate surface area is 97.0 Å². The molecule has 0 atom stereocenters. The van der Waals surface area contributed by atoms with Gasteiger partial charge in [-0.15, -0.1) is 21.5 Å². The largest absolute Gasteiger partial charge is 0.268 e. The Kier molecular flexibility index (Phi) is 1.83. The molecular formula is C11H12N4S. The Morgan fingerprint density at radius 2 is 2.06 bits per heavy atom. The Balaban J connectivity index is 2.44. The van der Waals surface area contributed by atoms with Crippen molar-refractivity contribution in [2.75, 3.05) is 0 Å². The maximum atomic E-state index is 4.41. The zero-order valence-electron chi connectivity index (χ0n) is 9.43. The van der Waals surface area contributed by atoms with Crippen molar-refractivity contribution < 1.29 is 0 Å². The molecule has 5 heteroatoms. The molecule has 3 aromatic rings. The molecule has 0 amide bonds. The van der Waals surface area contributed by atoms with Crippen LogP contribution in [-0.2, 0) is 5.41 Å². The number of rotatable bonds is 0. The molecule has 3 heterocycles. The van der Waals surface area contributed by atoms with E-state index in [9.17, 15) is 0 Å². The van der Waals surface area contributed by atoms with Gasteiger partial charge in [0.05, 0.1) is 10.2 Å². The third-order valence-corrected chi connectivity index (χ3v) is 3.43. The summed E-state index contributed by atoms with van der Waals surface area (Å²) in [6, 6.07) is 2.01. The lowest BCUT2D eigenvalue weighted by molar-refractivity contribution is 0.538. The second-order valence-corrected chi connectivity index (χ2v) is 5.76. The lowest BCUT2D eigenvalue weighted by Gasteiger charge is -2.15. The molecule has 0 saturated heterocycles. The van der Waals surface area contributed by atoms with Crippen molar-refractivity contribution in [3.63, 3.8) is 0 Å². The summed E-state index contributed by atoms with van der Waals surface area (Å²) in [4.78, 5) is 4.41. The van der Waals surface area contributed by atoms with E-state index >= 15 is 0 Å². The van der Waals surface area contributed by atoms with Crippen LogP contribution in [0.3, 0.4) is 0 Å². The van der Waals surface area contributed by atoms with E-state index in [1.807, 2.05) is 22.2 Å². The van der Waals surface area contributed by atoms with Crippen molar-refractivity contribution in [2.45, 2.75) is 26.2 Å².